The number of β-lactam (4-membered cyclic amide) rings is 1. The Morgan fingerprint density at radius 2 is 1.92 bits per heavy atom. The van der Waals surface area contributed by atoms with Crippen LogP contribution in [0.15, 0.2) is 24.3 Å². The number of likely N-dealkylation sites (N-methyl/N-ethyl adjacent to an activating group) is 1. The van der Waals surface area contributed by atoms with Crippen LogP contribution in [-0.4, -0.2) is 66.3 Å². The predicted molar refractivity (Wildman–Crippen MR) is 80.4 cm³/mol. The van der Waals surface area contributed by atoms with Gasteiger partial charge in [0.1, 0.15) is 24.9 Å². The van der Waals surface area contributed by atoms with Crippen LogP contribution in [0.1, 0.15) is 0 Å². The summed E-state index contributed by atoms with van der Waals surface area (Å²) in [4.78, 5) is 50.8. The number of imide groups is 1. The number of hydrogen-bond donors (Lipinski definition) is 1. The first-order valence-electron chi connectivity index (χ1n) is 7.28. The van der Waals surface area contributed by atoms with E-state index in [0.29, 0.717) is 5.69 Å². The molecule has 9 heteroatoms. The van der Waals surface area contributed by atoms with E-state index in [2.05, 4.69) is 5.32 Å². The third-order valence-corrected chi connectivity index (χ3v) is 3.94. The van der Waals surface area contributed by atoms with Gasteiger partial charge in [0.25, 0.3) is 11.8 Å². The number of rotatable bonds is 4. The molecule has 0 saturated carbocycles. The number of amides is 5. The average Bonchev–Trinajstić information content (AvgIpc) is 2.78. The van der Waals surface area contributed by atoms with Gasteiger partial charge in [-0.05, 0) is 24.3 Å². The molecule has 8 nitrogen and oxygen atoms in total. The Balaban J connectivity index is 1.53. The highest BCUT2D eigenvalue weighted by Gasteiger charge is 2.40. The van der Waals surface area contributed by atoms with E-state index in [1.807, 2.05) is 0 Å². The number of halogens is 1. The van der Waals surface area contributed by atoms with Crippen molar-refractivity contribution in [1.29, 1.82) is 0 Å². The molecule has 2 aliphatic heterocycles. The Morgan fingerprint density at radius 3 is 2.46 bits per heavy atom. The number of anilines is 1. The fourth-order valence-electron chi connectivity index (χ4n) is 2.60. The van der Waals surface area contributed by atoms with Crippen LogP contribution in [0, 0.1) is 5.82 Å². The maximum absolute atomic E-state index is 12.9. The summed E-state index contributed by atoms with van der Waals surface area (Å²) in [6.45, 7) is -0.229. The van der Waals surface area contributed by atoms with Gasteiger partial charge < -0.3 is 15.1 Å². The molecule has 0 radical (unpaired) electrons. The Bertz CT molecular complexity index is 721. The minimum Gasteiger partial charge on any atom is -0.341 e. The van der Waals surface area contributed by atoms with Gasteiger partial charge in [-0.3, -0.25) is 19.3 Å². The van der Waals surface area contributed by atoms with Crippen LogP contribution < -0.4 is 10.2 Å². The van der Waals surface area contributed by atoms with Gasteiger partial charge in [0.15, 0.2) is 0 Å². The summed E-state index contributed by atoms with van der Waals surface area (Å²) < 4.78 is 12.9. The number of benzene rings is 1. The molecule has 2 aliphatic rings. The number of hydrogen-bond acceptors (Lipinski definition) is 4. The quantitative estimate of drug-likeness (QED) is 0.597. The van der Waals surface area contributed by atoms with Crippen molar-refractivity contribution in [3.8, 4) is 0 Å². The largest absolute Gasteiger partial charge is 0.341 e. The molecule has 0 bridgehead atoms. The molecule has 24 heavy (non-hydrogen) atoms. The molecule has 1 unspecified atom stereocenters. The lowest BCUT2D eigenvalue weighted by atomic mass is 10.1. The Morgan fingerprint density at radius 1 is 1.25 bits per heavy atom. The molecule has 0 aliphatic carbocycles. The second-order valence-corrected chi connectivity index (χ2v) is 5.66. The highest BCUT2D eigenvalue weighted by molar-refractivity contribution is 6.07. The van der Waals surface area contributed by atoms with E-state index in [1.165, 1.54) is 41.1 Å². The Labute approximate surface area is 136 Å². The summed E-state index contributed by atoms with van der Waals surface area (Å²) >= 11 is 0. The third kappa shape index (κ3) is 2.80. The summed E-state index contributed by atoms with van der Waals surface area (Å²) in [6, 6.07) is 4.19. The highest BCUT2D eigenvalue weighted by Crippen LogP contribution is 2.22. The Hall–Kier alpha value is -2.97. The summed E-state index contributed by atoms with van der Waals surface area (Å²) in [7, 11) is 1.47. The fraction of sp³-hybridized carbons (Fsp3) is 0.333. The van der Waals surface area contributed by atoms with Crippen molar-refractivity contribution in [3.63, 3.8) is 0 Å². The van der Waals surface area contributed by atoms with Crippen molar-refractivity contribution in [2.75, 3.05) is 31.6 Å². The molecule has 1 N–H and O–H groups in total. The van der Waals surface area contributed by atoms with Crippen LogP contribution in [-0.2, 0) is 14.4 Å². The summed E-state index contributed by atoms with van der Waals surface area (Å²) in [5.74, 6) is -1.76. The summed E-state index contributed by atoms with van der Waals surface area (Å²) in [5.41, 5.74) is 0.540. The second kappa shape index (κ2) is 5.91. The molecule has 1 atom stereocenters. The van der Waals surface area contributed by atoms with Crippen molar-refractivity contribution in [3.05, 3.63) is 30.1 Å². The molecule has 5 amide bonds. The molecule has 1 aromatic rings. The first kappa shape index (κ1) is 15.9. The Kier molecular flexibility index (Phi) is 3.92. The zero-order valence-corrected chi connectivity index (χ0v) is 12.9. The lowest BCUT2D eigenvalue weighted by Crippen LogP contribution is -2.65. The lowest BCUT2D eigenvalue weighted by molar-refractivity contribution is -0.133. The van der Waals surface area contributed by atoms with E-state index < -0.39 is 36.2 Å². The van der Waals surface area contributed by atoms with Gasteiger partial charge in [0.05, 0.1) is 6.54 Å². The number of nitrogens with zero attached hydrogens (tertiary/aromatic N) is 3. The van der Waals surface area contributed by atoms with Crippen LogP contribution in [0.5, 0.6) is 0 Å². The number of urea groups is 1. The SMILES string of the molecule is CN1CC(=O)N(CC(=O)NC2CN(c3ccc(F)cc3)C2=O)C1=O. The molecule has 2 heterocycles. The van der Waals surface area contributed by atoms with Gasteiger partial charge in [0, 0.05) is 12.7 Å². The van der Waals surface area contributed by atoms with E-state index in [9.17, 15) is 23.6 Å². The van der Waals surface area contributed by atoms with Crippen LogP contribution in [0.3, 0.4) is 0 Å². The second-order valence-electron chi connectivity index (χ2n) is 5.66. The van der Waals surface area contributed by atoms with Gasteiger partial charge in [-0.1, -0.05) is 0 Å². The van der Waals surface area contributed by atoms with E-state index in [4.69, 9.17) is 0 Å². The van der Waals surface area contributed by atoms with Gasteiger partial charge in [-0.25, -0.2) is 9.18 Å². The lowest BCUT2D eigenvalue weighted by Gasteiger charge is -2.38. The van der Waals surface area contributed by atoms with Crippen molar-refractivity contribution in [2.24, 2.45) is 0 Å². The number of carbonyl (C=O) groups is 4. The van der Waals surface area contributed by atoms with E-state index in [-0.39, 0.29) is 19.0 Å². The smallest absolute Gasteiger partial charge is 0.327 e. The molecule has 2 fully saturated rings. The van der Waals surface area contributed by atoms with Crippen LogP contribution in [0.2, 0.25) is 0 Å². The molecule has 1 aromatic carbocycles. The van der Waals surface area contributed by atoms with Gasteiger partial charge >= 0.3 is 6.03 Å². The maximum atomic E-state index is 12.9. The molecule has 0 spiro atoms. The first-order valence-corrected chi connectivity index (χ1v) is 7.28. The average molecular weight is 334 g/mol. The van der Waals surface area contributed by atoms with E-state index in [0.717, 1.165) is 4.90 Å². The molecule has 2 saturated heterocycles. The van der Waals surface area contributed by atoms with Crippen LogP contribution in [0.25, 0.3) is 0 Å². The fourth-order valence-corrected chi connectivity index (χ4v) is 2.60. The zero-order valence-electron chi connectivity index (χ0n) is 12.9. The minimum atomic E-state index is -0.715. The number of nitrogens with one attached hydrogen (secondary N) is 1. The van der Waals surface area contributed by atoms with Crippen molar-refractivity contribution in [1.82, 2.24) is 15.1 Å². The molecule has 126 valence electrons. The topological polar surface area (TPSA) is 90.0 Å². The molecule has 0 aromatic heterocycles. The zero-order chi connectivity index (χ0) is 17.4. The maximum Gasteiger partial charge on any atom is 0.327 e. The monoisotopic (exact) mass is 334 g/mol. The molecular formula is C15H15FN4O4. The summed E-state index contributed by atoms with van der Waals surface area (Å²) in [5, 5.41) is 2.49. The molecular weight excluding hydrogens is 319 g/mol. The number of carbonyl (C=O) groups excluding carboxylic acids is 4. The first-order chi connectivity index (χ1) is 11.4. The summed E-state index contributed by atoms with van der Waals surface area (Å²) in [6.07, 6.45) is 0. The predicted octanol–water partition coefficient (Wildman–Crippen LogP) is -0.449. The van der Waals surface area contributed by atoms with E-state index >= 15 is 0 Å². The van der Waals surface area contributed by atoms with Crippen LogP contribution in [0.4, 0.5) is 14.9 Å². The molecule has 3 rings (SSSR count). The highest BCUT2D eigenvalue weighted by atomic mass is 19.1. The minimum absolute atomic E-state index is 0.0627. The normalized spacial score (nSPS) is 20.5. The third-order valence-electron chi connectivity index (χ3n) is 3.94. The van der Waals surface area contributed by atoms with Gasteiger partial charge in [-0.2, -0.15) is 0 Å². The standard InChI is InChI=1S/C15H15FN4O4/c1-18-8-13(22)20(15(18)24)7-12(21)17-11-6-19(14(11)23)10-4-2-9(16)3-5-10/h2-5,11H,6-8H2,1H3,(H,17,21). The van der Waals surface area contributed by atoms with Gasteiger partial charge in [0.2, 0.25) is 5.91 Å². The van der Waals surface area contributed by atoms with Crippen molar-refractivity contribution in [2.45, 2.75) is 6.04 Å². The van der Waals surface area contributed by atoms with Crippen LogP contribution >= 0.6 is 0 Å². The van der Waals surface area contributed by atoms with Crippen molar-refractivity contribution >= 4 is 29.4 Å². The van der Waals surface area contributed by atoms with Gasteiger partial charge in [-0.15, -0.1) is 0 Å². The van der Waals surface area contributed by atoms with E-state index in [1.54, 1.807) is 0 Å². The van der Waals surface area contributed by atoms with Crippen molar-refractivity contribution < 1.29 is 23.6 Å².